The molecule has 0 spiro atoms. The largest absolute Gasteiger partial charge is 0.479 e. The van der Waals surface area contributed by atoms with Crippen molar-refractivity contribution in [3.05, 3.63) is 0 Å². The average molecular weight is 1090 g/mol. The van der Waals surface area contributed by atoms with Gasteiger partial charge in [-0.15, -0.1) is 0 Å². The van der Waals surface area contributed by atoms with E-state index in [2.05, 4.69) is 17.3 Å². The lowest BCUT2D eigenvalue weighted by atomic mass is 9.94. The number of rotatable bonds is 20. The Balaban J connectivity index is 1.80. The van der Waals surface area contributed by atoms with Gasteiger partial charge in [-0.25, -0.2) is 22.1 Å². The lowest BCUT2D eigenvalue weighted by Crippen LogP contribution is -2.70. The SMILES string of the molecule is O=C(O)[C@@H]1O[C@@H](O)[C@H](OS(=O)(=O)O)[C@@H](O)[C@@H]1O[C@H]1O[C@H](COS(=O)(=O)O)[C@@H](O[C@@H]2O[C@@H](C(=O)O)[C@@H](O[C@H]3O[C@H](CO)[C@@H](O)[C@H](O)[C@H]3NS(=O)(=O)O)[C@H](O)[C@H]2OS(=O)(=O)O)[C@H](O)[C@H]1NS(=O)(=O)O. The van der Waals surface area contributed by atoms with Gasteiger partial charge in [0.2, 0.25) is 0 Å². The fourth-order valence-corrected chi connectivity index (χ4v) is 9.18. The number of nitrogens with one attached hydrogen (secondary N) is 2. The molecule has 4 heterocycles. The molecule has 67 heavy (non-hydrogen) atoms. The Morgan fingerprint density at radius 1 is 0.478 bits per heavy atom. The van der Waals surface area contributed by atoms with Gasteiger partial charge in [0.25, 0.3) is 0 Å². The molecule has 0 saturated carbocycles. The number of ether oxygens (including phenoxy) is 7. The van der Waals surface area contributed by atoms with Gasteiger partial charge < -0.3 is 79.1 Å². The van der Waals surface area contributed by atoms with Gasteiger partial charge in [0.1, 0.15) is 73.1 Å². The Labute approximate surface area is 374 Å². The van der Waals surface area contributed by atoms with E-state index in [4.69, 9.17) is 33.0 Å². The van der Waals surface area contributed by atoms with Crippen molar-refractivity contribution < 1.29 is 166 Å². The minimum atomic E-state index is -5.97. The molecule has 0 aromatic rings. The van der Waals surface area contributed by atoms with Crippen molar-refractivity contribution in [1.82, 2.24) is 9.44 Å². The molecule has 0 amide bonds. The molecule has 0 bridgehead atoms. The van der Waals surface area contributed by atoms with E-state index in [0.29, 0.717) is 0 Å². The molecule has 4 fully saturated rings. The highest BCUT2D eigenvalue weighted by atomic mass is 32.3. The fraction of sp³-hybridized carbons (Fsp3) is 0.917. The van der Waals surface area contributed by atoms with E-state index in [1.54, 1.807) is 0 Å². The molecule has 38 nitrogen and oxygen atoms in total. The van der Waals surface area contributed by atoms with E-state index in [1.807, 2.05) is 0 Å². The van der Waals surface area contributed by atoms with Gasteiger partial charge >= 0.3 is 63.7 Å². The Bertz CT molecular complexity index is 2320. The summed E-state index contributed by atoms with van der Waals surface area (Å²) in [6.07, 6.45) is -48.5. The summed E-state index contributed by atoms with van der Waals surface area (Å²) in [5.41, 5.74) is 0. The van der Waals surface area contributed by atoms with Crippen LogP contribution in [-0.2, 0) is 107 Å². The van der Waals surface area contributed by atoms with Gasteiger partial charge in [-0.05, 0) is 0 Å². The molecule has 4 aliphatic heterocycles. The zero-order valence-corrected chi connectivity index (χ0v) is 36.3. The van der Waals surface area contributed by atoms with Crippen molar-refractivity contribution in [3.8, 4) is 0 Å². The topological polar surface area (TPSA) is 604 Å². The highest BCUT2D eigenvalue weighted by molar-refractivity contribution is 7.84. The lowest BCUT2D eigenvalue weighted by molar-refractivity contribution is -0.367. The predicted octanol–water partition coefficient (Wildman–Crippen LogP) is -11.3. The average Bonchev–Trinajstić information content (AvgIpc) is 3.15. The van der Waals surface area contributed by atoms with E-state index in [-0.39, 0.29) is 0 Å². The third-order valence-electron chi connectivity index (χ3n) is 9.39. The number of carboxylic acids is 2. The van der Waals surface area contributed by atoms with Gasteiger partial charge in [-0.1, -0.05) is 0 Å². The molecule has 4 aliphatic rings. The van der Waals surface area contributed by atoms with Crippen LogP contribution in [0.3, 0.4) is 0 Å². The van der Waals surface area contributed by atoms with E-state index in [0.717, 1.165) is 0 Å². The number of hydrogen-bond acceptors (Lipinski definition) is 29. The maximum absolute atomic E-state index is 12.6. The minimum Gasteiger partial charge on any atom is -0.479 e. The monoisotopic (exact) mass is 1090 g/mol. The standard InChI is InChI=1S/C24H40N2O36S5/c27-1-3-7(28)8(29)5(25-63(38,39)40)22(54-3)59-14-11(32)16(62-67(50,51)52)24(60-18(14)20(35)36)57-12-4(2-53-65(44,45)46)55-23(6(9(12)30)26-64(41,42)43)58-13-10(31)15(61-66(47,48)49)21(37)56-17(13)19(33)34/h3-18,21-32,37H,1-2H2,(H,33,34)(H,35,36)(H,38,39,40)(H,41,42,43)(H,44,45,46)(H,47,48,49)(H,50,51,52)/t3-,4-,5-,6-,7-,8-,9-,10+,11+,12-,13+,14+,15-,16-,17-,18-,21-,22-,23-,24-/m1/s1. The van der Waals surface area contributed by atoms with E-state index in [9.17, 15) is 116 Å². The van der Waals surface area contributed by atoms with Crippen molar-refractivity contribution in [2.45, 2.75) is 123 Å². The summed E-state index contributed by atoms with van der Waals surface area (Å²) < 4.78 is 216. The summed E-state index contributed by atoms with van der Waals surface area (Å²) in [7, 11) is -28.4. The first-order valence-corrected chi connectivity index (χ1v) is 24.5. The van der Waals surface area contributed by atoms with Crippen LogP contribution in [-0.4, -0.2) is 259 Å². The van der Waals surface area contributed by atoms with Gasteiger partial charge in [0, 0.05) is 0 Å². The van der Waals surface area contributed by atoms with Gasteiger partial charge in [0.15, 0.2) is 49.6 Å². The van der Waals surface area contributed by atoms with Gasteiger partial charge in [-0.3, -0.25) is 22.8 Å². The summed E-state index contributed by atoms with van der Waals surface area (Å²) in [5, 5.41) is 94.1. The number of hydrogen-bond donors (Lipinski definition) is 16. The van der Waals surface area contributed by atoms with E-state index in [1.165, 1.54) is 9.44 Å². The summed E-state index contributed by atoms with van der Waals surface area (Å²) in [6.45, 7) is -2.94. The van der Waals surface area contributed by atoms with Crippen molar-refractivity contribution in [2.24, 2.45) is 0 Å². The van der Waals surface area contributed by atoms with Crippen molar-refractivity contribution >= 4 is 63.7 Å². The third-order valence-corrected chi connectivity index (χ3v) is 11.9. The van der Waals surface area contributed by atoms with E-state index < -0.39 is 200 Å². The van der Waals surface area contributed by atoms with Crippen molar-refractivity contribution in [2.75, 3.05) is 13.2 Å². The first-order chi connectivity index (χ1) is 30.4. The summed E-state index contributed by atoms with van der Waals surface area (Å²) in [5.74, 6) is -4.47. The minimum absolute atomic E-state index is 1.21. The predicted molar refractivity (Wildman–Crippen MR) is 191 cm³/mol. The van der Waals surface area contributed by atoms with Crippen LogP contribution in [0, 0.1) is 0 Å². The highest BCUT2D eigenvalue weighted by Crippen LogP contribution is 2.36. The maximum atomic E-state index is 12.6. The zero-order chi connectivity index (χ0) is 51.1. The van der Waals surface area contributed by atoms with Crippen molar-refractivity contribution in [3.63, 3.8) is 0 Å². The molecular weight excluding hydrogens is 1050 g/mol. The molecular formula is C24H40N2O36S5. The Morgan fingerprint density at radius 3 is 1.33 bits per heavy atom. The van der Waals surface area contributed by atoms with Crippen LogP contribution in [0.15, 0.2) is 0 Å². The lowest BCUT2D eigenvalue weighted by Gasteiger charge is -2.49. The number of aliphatic carboxylic acids is 2. The van der Waals surface area contributed by atoms with Gasteiger partial charge in [0.05, 0.1) is 13.2 Å². The summed E-state index contributed by atoms with van der Waals surface area (Å²) in [6, 6.07) is -5.18. The van der Waals surface area contributed by atoms with Crippen LogP contribution in [0.1, 0.15) is 0 Å². The van der Waals surface area contributed by atoms with Crippen molar-refractivity contribution in [1.29, 1.82) is 0 Å². The van der Waals surface area contributed by atoms with Crippen LogP contribution in [0.4, 0.5) is 0 Å². The molecule has 0 aliphatic carbocycles. The molecule has 0 radical (unpaired) electrons. The second-order valence-electron chi connectivity index (χ2n) is 14.0. The van der Waals surface area contributed by atoms with Crippen LogP contribution in [0.2, 0.25) is 0 Å². The quantitative estimate of drug-likeness (QED) is 0.0503. The zero-order valence-electron chi connectivity index (χ0n) is 32.2. The molecule has 0 aromatic heterocycles. The normalized spacial score (nSPS) is 40.5. The molecule has 392 valence electrons. The Kier molecular flexibility index (Phi) is 18.5. The highest BCUT2D eigenvalue weighted by Gasteiger charge is 2.59. The van der Waals surface area contributed by atoms with Crippen LogP contribution in [0.25, 0.3) is 0 Å². The summed E-state index contributed by atoms with van der Waals surface area (Å²) in [4.78, 5) is 24.6. The van der Waals surface area contributed by atoms with Crippen LogP contribution >= 0.6 is 0 Å². The molecule has 43 heteroatoms. The Morgan fingerprint density at radius 2 is 0.896 bits per heavy atom. The second kappa shape index (κ2) is 21.6. The van der Waals surface area contributed by atoms with Gasteiger partial charge in [-0.2, -0.15) is 51.5 Å². The molecule has 0 unspecified atom stereocenters. The molecule has 0 aromatic carbocycles. The smallest absolute Gasteiger partial charge is 0.397 e. The molecule has 16 N–H and O–H groups in total. The summed E-state index contributed by atoms with van der Waals surface area (Å²) >= 11 is 0. The number of carboxylic acid groups (broad SMARTS) is 2. The Hall–Kier alpha value is -2.27. The second-order valence-corrected chi connectivity index (χ2v) is 19.6. The number of aliphatic hydroxyl groups is 7. The molecule has 20 atom stereocenters. The van der Waals surface area contributed by atoms with E-state index >= 15 is 0 Å². The number of carbonyl (C=O) groups is 2. The number of aliphatic hydroxyl groups excluding tert-OH is 7. The van der Waals surface area contributed by atoms with Crippen LogP contribution < -0.4 is 9.44 Å². The molecule has 4 rings (SSSR count). The first kappa shape index (κ1) is 57.3. The third kappa shape index (κ3) is 15.4. The first-order valence-electron chi connectivity index (χ1n) is 17.6. The van der Waals surface area contributed by atoms with Crippen LogP contribution in [0.5, 0.6) is 0 Å². The fourth-order valence-electron chi connectivity index (χ4n) is 6.71. The molecule has 4 saturated heterocycles. The maximum Gasteiger partial charge on any atom is 0.397 e.